The molecule has 1 aliphatic rings. The lowest BCUT2D eigenvalue weighted by Crippen LogP contribution is -2.39. The number of pyridine rings is 1. The summed E-state index contributed by atoms with van der Waals surface area (Å²) < 4.78 is 14.4. The van der Waals surface area contributed by atoms with Crippen molar-refractivity contribution in [3.8, 4) is 5.69 Å². The van der Waals surface area contributed by atoms with Crippen LogP contribution in [0.3, 0.4) is 0 Å². The number of carbonyl (C=O) groups excluding carboxylic acids is 2. The van der Waals surface area contributed by atoms with Crippen LogP contribution in [0.25, 0.3) is 5.69 Å². The highest BCUT2D eigenvalue weighted by molar-refractivity contribution is 5.95. The summed E-state index contributed by atoms with van der Waals surface area (Å²) in [5.74, 6) is -0.901. The Bertz CT molecular complexity index is 892. The molecule has 0 atom stereocenters. The van der Waals surface area contributed by atoms with Crippen LogP contribution < -0.4 is 16.2 Å². The van der Waals surface area contributed by atoms with Crippen LogP contribution in [0.5, 0.6) is 0 Å². The largest absolute Gasteiger partial charge is 0.350 e. The lowest BCUT2D eigenvalue weighted by Gasteiger charge is -2.15. The van der Waals surface area contributed by atoms with Gasteiger partial charge in [0.1, 0.15) is 11.4 Å². The highest BCUT2D eigenvalue weighted by Crippen LogP contribution is 2.09. The van der Waals surface area contributed by atoms with Crippen molar-refractivity contribution in [2.45, 2.75) is 6.92 Å². The Kier molecular flexibility index (Phi) is 5.01. The highest BCUT2D eigenvalue weighted by atomic mass is 19.1. The van der Waals surface area contributed by atoms with Crippen LogP contribution in [-0.4, -0.2) is 47.6 Å². The topological polar surface area (TPSA) is 83.4 Å². The van der Waals surface area contributed by atoms with E-state index in [-0.39, 0.29) is 18.1 Å². The van der Waals surface area contributed by atoms with Crippen LogP contribution in [0.4, 0.5) is 9.18 Å². The fourth-order valence-corrected chi connectivity index (χ4v) is 2.82. The first-order chi connectivity index (χ1) is 12.5. The number of carbonyl (C=O) groups is 2. The van der Waals surface area contributed by atoms with Crippen LogP contribution in [0, 0.1) is 12.7 Å². The zero-order valence-electron chi connectivity index (χ0n) is 14.3. The maximum absolute atomic E-state index is 13.1. The van der Waals surface area contributed by atoms with Crippen molar-refractivity contribution in [3.05, 3.63) is 63.8 Å². The molecule has 1 aromatic heterocycles. The Morgan fingerprint density at radius 1 is 1.23 bits per heavy atom. The lowest BCUT2D eigenvalue weighted by molar-refractivity contribution is 0.0947. The number of nitrogens with one attached hydrogen (secondary N) is 2. The highest BCUT2D eigenvalue weighted by Gasteiger charge is 2.20. The second-order valence-corrected chi connectivity index (χ2v) is 6.00. The fraction of sp³-hybridized carbons (Fsp3) is 0.278. The number of hydrogen-bond donors (Lipinski definition) is 2. The predicted molar refractivity (Wildman–Crippen MR) is 94.0 cm³/mol. The molecule has 2 heterocycles. The third kappa shape index (κ3) is 3.58. The normalized spacial score (nSPS) is 13.6. The first kappa shape index (κ1) is 17.7. The van der Waals surface area contributed by atoms with E-state index in [4.69, 9.17) is 0 Å². The van der Waals surface area contributed by atoms with E-state index >= 15 is 0 Å². The molecule has 2 aromatic rings. The van der Waals surface area contributed by atoms with Gasteiger partial charge in [-0.2, -0.15) is 0 Å². The van der Waals surface area contributed by atoms with Crippen LogP contribution in [0.15, 0.2) is 41.3 Å². The molecule has 0 saturated carbocycles. The molecule has 136 valence electrons. The molecule has 26 heavy (non-hydrogen) atoms. The molecule has 3 amide bonds. The molecule has 2 N–H and O–H groups in total. The van der Waals surface area contributed by atoms with Gasteiger partial charge in [-0.15, -0.1) is 0 Å². The van der Waals surface area contributed by atoms with Gasteiger partial charge < -0.3 is 15.5 Å². The number of nitrogens with zero attached hydrogens (tertiary/aromatic N) is 2. The number of hydrogen-bond acceptors (Lipinski definition) is 3. The Labute approximate surface area is 149 Å². The molecule has 0 radical (unpaired) electrons. The molecule has 0 spiro atoms. The van der Waals surface area contributed by atoms with Gasteiger partial charge in [-0.1, -0.05) is 0 Å². The number of benzene rings is 1. The number of rotatable bonds is 5. The van der Waals surface area contributed by atoms with E-state index in [0.29, 0.717) is 30.9 Å². The number of halogens is 1. The van der Waals surface area contributed by atoms with Crippen LogP contribution in [0.2, 0.25) is 0 Å². The Morgan fingerprint density at radius 2 is 1.96 bits per heavy atom. The zero-order valence-corrected chi connectivity index (χ0v) is 14.3. The standard InChI is InChI=1S/C18H19FN4O3/c1-12-6-9-23(14-4-2-13(19)3-5-14)17(25)15(12)16(24)20-7-10-22-11-8-21-18(22)26/h2-6,9H,7-8,10-11H2,1H3,(H,20,24)(H,21,26). The van der Waals surface area contributed by atoms with Crippen molar-refractivity contribution in [1.29, 1.82) is 0 Å². The summed E-state index contributed by atoms with van der Waals surface area (Å²) >= 11 is 0. The van der Waals surface area contributed by atoms with Gasteiger partial charge in [-0.3, -0.25) is 14.2 Å². The zero-order chi connectivity index (χ0) is 18.7. The van der Waals surface area contributed by atoms with Crippen LogP contribution in [-0.2, 0) is 0 Å². The van der Waals surface area contributed by atoms with E-state index in [1.807, 2.05) is 0 Å². The van der Waals surface area contributed by atoms with Crippen molar-refractivity contribution in [2.75, 3.05) is 26.2 Å². The smallest absolute Gasteiger partial charge is 0.317 e. The molecule has 0 aliphatic carbocycles. The van der Waals surface area contributed by atoms with Crippen LogP contribution >= 0.6 is 0 Å². The molecular formula is C18H19FN4O3. The van der Waals surface area contributed by atoms with Crippen LogP contribution in [0.1, 0.15) is 15.9 Å². The third-order valence-electron chi connectivity index (χ3n) is 4.24. The average Bonchev–Trinajstić information content (AvgIpc) is 3.01. The Morgan fingerprint density at radius 3 is 2.62 bits per heavy atom. The predicted octanol–water partition coefficient (Wildman–Crippen LogP) is 1.04. The minimum atomic E-state index is -0.497. The van der Waals surface area contributed by atoms with Gasteiger partial charge in [-0.25, -0.2) is 9.18 Å². The summed E-state index contributed by atoms with van der Waals surface area (Å²) in [4.78, 5) is 38.3. The van der Waals surface area contributed by atoms with Crippen molar-refractivity contribution >= 4 is 11.9 Å². The molecule has 1 saturated heterocycles. The fourth-order valence-electron chi connectivity index (χ4n) is 2.82. The Hall–Kier alpha value is -3.16. The summed E-state index contributed by atoms with van der Waals surface area (Å²) in [6.07, 6.45) is 1.55. The molecule has 1 aliphatic heterocycles. The van der Waals surface area contributed by atoms with E-state index in [9.17, 15) is 18.8 Å². The third-order valence-corrected chi connectivity index (χ3v) is 4.24. The van der Waals surface area contributed by atoms with Gasteiger partial charge in [0.2, 0.25) is 0 Å². The maximum Gasteiger partial charge on any atom is 0.317 e. The average molecular weight is 358 g/mol. The molecule has 0 bridgehead atoms. The van der Waals surface area contributed by atoms with Crippen molar-refractivity contribution in [2.24, 2.45) is 0 Å². The van der Waals surface area contributed by atoms with E-state index in [0.717, 1.165) is 0 Å². The Balaban J connectivity index is 1.77. The molecule has 1 aromatic carbocycles. The molecular weight excluding hydrogens is 339 g/mol. The summed E-state index contributed by atoms with van der Waals surface area (Å²) in [5.41, 5.74) is 0.569. The summed E-state index contributed by atoms with van der Waals surface area (Å²) in [7, 11) is 0. The monoisotopic (exact) mass is 358 g/mol. The van der Waals surface area contributed by atoms with Gasteiger partial charge in [0.15, 0.2) is 0 Å². The number of amides is 3. The first-order valence-electron chi connectivity index (χ1n) is 8.26. The number of aryl methyl sites for hydroxylation is 1. The minimum absolute atomic E-state index is 0.0303. The summed E-state index contributed by atoms with van der Waals surface area (Å²) in [6.45, 7) is 3.48. The van der Waals surface area contributed by atoms with E-state index < -0.39 is 17.3 Å². The number of urea groups is 1. The first-order valence-corrected chi connectivity index (χ1v) is 8.26. The van der Waals surface area contributed by atoms with E-state index in [1.165, 1.54) is 28.8 Å². The van der Waals surface area contributed by atoms with Gasteiger partial charge in [0.25, 0.3) is 11.5 Å². The van der Waals surface area contributed by atoms with Crippen molar-refractivity contribution < 1.29 is 14.0 Å². The summed E-state index contributed by atoms with van der Waals surface area (Å²) in [6, 6.07) is 6.95. The molecule has 1 fully saturated rings. The molecule has 0 unspecified atom stereocenters. The van der Waals surface area contributed by atoms with Gasteiger partial charge >= 0.3 is 6.03 Å². The maximum atomic E-state index is 13.1. The molecule has 8 heteroatoms. The van der Waals surface area contributed by atoms with Crippen molar-refractivity contribution in [3.63, 3.8) is 0 Å². The van der Waals surface area contributed by atoms with Gasteiger partial charge in [-0.05, 0) is 42.8 Å². The molecule has 3 rings (SSSR count). The second kappa shape index (κ2) is 7.38. The quantitative estimate of drug-likeness (QED) is 0.838. The van der Waals surface area contributed by atoms with E-state index in [2.05, 4.69) is 10.6 Å². The molecule has 7 nitrogen and oxygen atoms in total. The van der Waals surface area contributed by atoms with Crippen molar-refractivity contribution in [1.82, 2.24) is 20.1 Å². The number of aromatic nitrogens is 1. The lowest BCUT2D eigenvalue weighted by atomic mass is 10.1. The van der Waals surface area contributed by atoms with Gasteiger partial charge in [0.05, 0.1) is 0 Å². The SMILES string of the molecule is Cc1ccn(-c2ccc(F)cc2)c(=O)c1C(=O)NCCN1CCNC1=O. The second-order valence-electron chi connectivity index (χ2n) is 6.00. The summed E-state index contributed by atoms with van der Waals surface area (Å²) in [5, 5.41) is 5.36. The van der Waals surface area contributed by atoms with E-state index in [1.54, 1.807) is 24.1 Å². The van der Waals surface area contributed by atoms with Gasteiger partial charge in [0, 0.05) is 38.1 Å². The minimum Gasteiger partial charge on any atom is -0.350 e.